The Bertz CT molecular complexity index is 1150. The van der Waals surface area contributed by atoms with E-state index < -0.39 is 42.6 Å². The minimum Gasteiger partial charge on any atom is -0.394 e. The van der Waals surface area contributed by atoms with Gasteiger partial charge in [-0.15, -0.1) is 0 Å². The molecular formula is C40H68O9. The van der Waals surface area contributed by atoms with Gasteiger partial charge in [-0.2, -0.15) is 0 Å². The van der Waals surface area contributed by atoms with Crippen molar-refractivity contribution in [1.82, 2.24) is 0 Å². The van der Waals surface area contributed by atoms with Crippen LogP contribution in [0.3, 0.4) is 0 Å². The van der Waals surface area contributed by atoms with Crippen LogP contribution in [-0.4, -0.2) is 93.6 Å². The fraction of sp³-hybridized carbons (Fsp3) is 0.950. The van der Waals surface area contributed by atoms with Crippen molar-refractivity contribution >= 4 is 0 Å². The van der Waals surface area contributed by atoms with Crippen LogP contribution in [0.15, 0.2) is 11.6 Å². The van der Waals surface area contributed by atoms with Crippen molar-refractivity contribution in [2.45, 2.75) is 186 Å². The zero-order valence-electron chi connectivity index (χ0n) is 31.2. The predicted molar refractivity (Wildman–Crippen MR) is 186 cm³/mol. The van der Waals surface area contributed by atoms with Crippen LogP contribution in [0.1, 0.15) is 131 Å². The smallest absolute Gasteiger partial charge is 0.161 e. The van der Waals surface area contributed by atoms with Crippen LogP contribution in [-0.2, 0) is 18.9 Å². The van der Waals surface area contributed by atoms with Gasteiger partial charge >= 0.3 is 0 Å². The molecule has 0 radical (unpaired) electrons. The molecule has 282 valence electrons. The van der Waals surface area contributed by atoms with Crippen molar-refractivity contribution < 1.29 is 44.5 Å². The Kier molecular flexibility index (Phi) is 11.4. The summed E-state index contributed by atoms with van der Waals surface area (Å²) in [4.78, 5) is 0. The quantitative estimate of drug-likeness (QED) is 0.175. The van der Waals surface area contributed by atoms with Crippen LogP contribution < -0.4 is 0 Å². The van der Waals surface area contributed by atoms with Crippen molar-refractivity contribution in [3.8, 4) is 0 Å². The molecule has 4 unspecified atom stereocenters. The van der Waals surface area contributed by atoms with E-state index in [1.54, 1.807) is 19.4 Å². The second kappa shape index (κ2) is 14.7. The lowest BCUT2D eigenvalue weighted by molar-refractivity contribution is -0.260. The lowest BCUT2D eigenvalue weighted by Gasteiger charge is -2.62. The largest absolute Gasteiger partial charge is 0.394 e. The normalized spacial score (nSPS) is 45.9. The molecule has 5 N–H and O–H groups in total. The summed E-state index contributed by atoms with van der Waals surface area (Å²) in [6.45, 7) is 13.2. The Morgan fingerprint density at radius 1 is 0.837 bits per heavy atom. The van der Waals surface area contributed by atoms with Gasteiger partial charge in [0.2, 0.25) is 0 Å². The second-order valence-electron chi connectivity index (χ2n) is 18.6. The van der Waals surface area contributed by atoms with Gasteiger partial charge in [-0.25, -0.2) is 0 Å². The predicted octanol–water partition coefficient (Wildman–Crippen LogP) is 5.63. The summed E-state index contributed by atoms with van der Waals surface area (Å²) in [5.41, 5.74) is 1.01. The van der Waals surface area contributed by atoms with Gasteiger partial charge in [-0.1, -0.05) is 45.8 Å². The maximum Gasteiger partial charge on any atom is 0.161 e. The summed E-state index contributed by atoms with van der Waals surface area (Å²) >= 11 is 0. The first-order valence-corrected chi connectivity index (χ1v) is 19.7. The molecule has 0 spiro atoms. The fourth-order valence-electron chi connectivity index (χ4n) is 11.8. The van der Waals surface area contributed by atoms with Gasteiger partial charge in [0, 0.05) is 31.1 Å². The summed E-state index contributed by atoms with van der Waals surface area (Å²) in [5, 5.41) is 50.9. The number of hydrogen-bond acceptors (Lipinski definition) is 9. The summed E-state index contributed by atoms with van der Waals surface area (Å²) in [5.74, 6) is 2.62. The van der Waals surface area contributed by atoms with E-state index in [-0.39, 0.29) is 36.3 Å². The SMILES string of the molecule is CC(C)(O)[C@@H](CCCC1CCC2C3CC=C4C(CC[C@H](O[C@H]5C[C@@H](O)C[C@@H](CO)O5)C4(C)C)[C@]3(C)CC[C@]12C)O[C@H]1C[C@@H](O)C[C@@H](CO)O1. The lowest BCUT2D eigenvalue weighted by atomic mass is 9.43. The van der Waals surface area contributed by atoms with Crippen LogP contribution in [0.4, 0.5) is 0 Å². The van der Waals surface area contributed by atoms with Crippen LogP contribution in [0, 0.1) is 39.9 Å². The minimum absolute atomic E-state index is 0.0251. The van der Waals surface area contributed by atoms with Crippen molar-refractivity contribution in [1.29, 1.82) is 0 Å². The number of allylic oxidation sites excluding steroid dienone is 1. The van der Waals surface area contributed by atoms with Gasteiger partial charge in [0.25, 0.3) is 0 Å². The lowest BCUT2D eigenvalue weighted by Crippen LogP contribution is -2.55. The second-order valence-corrected chi connectivity index (χ2v) is 18.6. The van der Waals surface area contributed by atoms with E-state index in [2.05, 4.69) is 33.8 Å². The molecule has 5 fully saturated rings. The number of aliphatic hydroxyl groups excluding tert-OH is 4. The molecule has 14 atom stereocenters. The molecule has 0 aromatic heterocycles. The molecule has 0 aromatic rings. The molecule has 9 heteroatoms. The van der Waals surface area contributed by atoms with Crippen molar-refractivity contribution in [3.05, 3.63) is 11.6 Å². The summed E-state index contributed by atoms with van der Waals surface area (Å²) < 4.78 is 24.8. The highest BCUT2D eigenvalue weighted by molar-refractivity contribution is 5.29. The van der Waals surface area contributed by atoms with E-state index >= 15 is 0 Å². The van der Waals surface area contributed by atoms with Crippen LogP contribution in [0.25, 0.3) is 0 Å². The van der Waals surface area contributed by atoms with E-state index in [9.17, 15) is 25.5 Å². The molecule has 49 heavy (non-hydrogen) atoms. The molecule has 2 saturated heterocycles. The van der Waals surface area contributed by atoms with E-state index in [4.69, 9.17) is 18.9 Å². The number of hydrogen-bond donors (Lipinski definition) is 5. The first kappa shape index (κ1) is 38.1. The van der Waals surface area contributed by atoms with Crippen LogP contribution >= 0.6 is 0 Å². The zero-order valence-corrected chi connectivity index (χ0v) is 31.2. The van der Waals surface area contributed by atoms with Gasteiger partial charge in [0.15, 0.2) is 12.6 Å². The van der Waals surface area contributed by atoms with Gasteiger partial charge in [0.1, 0.15) is 0 Å². The summed E-state index contributed by atoms with van der Waals surface area (Å²) in [7, 11) is 0. The molecule has 9 nitrogen and oxygen atoms in total. The molecule has 0 bridgehead atoms. The van der Waals surface area contributed by atoms with Gasteiger partial charge in [-0.05, 0) is 106 Å². The summed E-state index contributed by atoms with van der Waals surface area (Å²) in [6, 6.07) is 0. The number of fused-ring (bicyclic) bond motifs is 5. The topological polar surface area (TPSA) is 138 Å². The molecule has 0 aromatic carbocycles. The minimum atomic E-state index is -1.04. The molecular weight excluding hydrogens is 624 g/mol. The molecule has 6 aliphatic rings. The first-order chi connectivity index (χ1) is 23.1. The molecule has 0 amide bonds. The maximum absolute atomic E-state index is 11.0. The Balaban J connectivity index is 1.08. The maximum atomic E-state index is 11.0. The molecule has 2 heterocycles. The van der Waals surface area contributed by atoms with Crippen LogP contribution in [0.2, 0.25) is 0 Å². The molecule has 6 rings (SSSR count). The number of aliphatic hydroxyl groups is 5. The van der Waals surface area contributed by atoms with E-state index in [0.717, 1.165) is 38.5 Å². The van der Waals surface area contributed by atoms with Gasteiger partial charge < -0.3 is 44.5 Å². The third-order valence-electron chi connectivity index (χ3n) is 14.7. The average Bonchev–Trinajstić information content (AvgIpc) is 3.36. The zero-order chi connectivity index (χ0) is 35.4. The highest BCUT2D eigenvalue weighted by Crippen LogP contribution is 2.69. The van der Waals surface area contributed by atoms with Crippen molar-refractivity contribution in [2.24, 2.45) is 39.9 Å². The number of ether oxygens (including phenoxy) is 4. The third kappa shape index (κ3) is 7.59. The van der Waals surface area contributed by atoms with Crippen molar-refractivity contribution in [2.75, 3.05) is 13.2 Å². The monoisotopic (exact) mass is 692 g/mol. The molecule has 4 aliphatic carbocycles. The Hall–Kier alpha value is -0.620. The summed E-state index contributed by atoms with van der Waals surface area (Å²) in [6.07, 6.45) is 12.1. The average molecular weight is 693 g/mol. The highest BCUT2D eigenvalue weighted by atomic mass is 16.7. The third-order valence-corrected chi connectivity index (χ3v) is 14.7. The van der Waals surface area contributed by atoms with Crippen LogP contribution in [0.5, 0.6) is 0 Å². The van der Waals surface area contributed by atoms with Gasteiger partial charge in [0.05, 0.1) is 55.4 Å². The fourth-order valence-corrected chi connectivity index (χ4v) is 11.8. The molecule has 3 saturated carbocycles. The van der Waals surface area contributed by atoms with Gasteiger partial charge in [-0.3, -0.25) is 0 Å². The Labute approximate surface area is 295 Å². The first-order valence-electron chi connectivity index (χ1n) is 19.7. The van der Waals surface area contributed by atoms with E-state index in [1.807, 2.05) is 0 Å². The highest BCUT2D eigenvalue weighted by Gasteiger charge is 2.62. The molecule has 2 aliphatic heterocycles. The van der Waals surface area contributed by atoms with Crippen molar-refractivity contribution in [3.63, 3.8) is 0 Å². The van der Waals surface area contributed by atoms with E-state index in [1.165, 1.54) is 25.7 Å². The number of rotatable bonds is 11. The standard InChI is InChI=1S/C40H68O9/c1-37(2)29-12-13-32-31-11-10-24(8-7-9-34(38(3,4)45)49-36-21-26(44)19-28(23-42)47-36)39(31,5)16-17-40(32,6)30(29)14-15-33(37)48-35-20-25(43)18-27(22-41)46-35/h12,24-28,30-36,41-45H,7-11,13-23H2,1-6H3/t24?,25-,26-,27-,28-,30?,31?,32?,33-,34+,35-,36-,39+,40-/m0/s1. The Morgan fingerprint density at radius 3 is 2.12 bits per heavy atom. The van der Waals surface area contributed by atoms with E-state index in [0.29, 0.717) is 54.8 Å². The Morgan fingerprint density at radius 2 is 1.47 bits per heavy atom.